The first-order chi connectivity index (χ1) is 9.72. The molecule has 6 N–H and O–H groups in total. The van der Waals surface area contributed by atoms with Crippen LogP contribution in [-0.2, 0) is 0 Å². The van der Waals surface area contributed by atoms with Crippen LogP contribution in [-0.4, -0.2) is 37.9 Å². The number of hydrogen-bond donors (Lipinski definition) is 4. The number of rotatable bonds is 2. The third-order valence-electron chi connectivity index (χ3n) is 3.33. The smallest absolute Gasteiger partial charge is 0.277 e. The van der Waals surface area contributed by atoms with Gasteiger partial charge in [-0.2, -0.15) is 15.5 Å². The molecule has 0 saturated heterocycles. The number of nitrogens with zero attached hydrogens (tertiary/aromatic N) is 4. The van der Waals surface area contributed by atoms with Gasteiger partial charge in [-0.1, -0.05) is 19.3 Å². The zero-order valence-corrected chi connectivity index (χ0v) is 11.5. The zero-order chi connectivity index (χ0) is 14.4. The van der Waals surface area contributed by atoms with Crippen LogP contribution in [0, 0.1) is 0 Å². The summed E-state index contributed by atoms with van der Waals surface area (Å²) in [5.74, 6) is 1.76. The van der Waals surface area contributed by atoms with Gasteiger partial charge in [-0.3, -0.25) is 0 Å². The molecule has 0 atom stereocenters. The van der Waals surface area contributed by atoms with Crippen LogP contribution in [0.3, 0.4) is 0 Å². The molecule has 2 heterocycles. The molecule has 0 bridgehead atoms. The Hall–Kier alpha value is -2.32. The summed E-state index contributed by atoms with van der Waals surface area (Å²) < 4.78 is 4.66. The summed E-state index contributed by atoms with van der Waals surface area (Å²) in [5.41, 5.74) is 11.9. The molecule has 9 heteroatoms. The van der Waals surface area contributed by atoms with Gasteiger partial charge in [0, 0.05) is 5.92 Å². The number of hydrogen-bond acceptors (Lipinski definition) is 7. The SMILES string of the molecule is COc1n[nH]nc1N.Nc1n[nH]nc1C1CCCCC1. The summed E-state index contributed by atoms with van der Waals surface area (Å²) in [7, 11) is 1.48. The van der Waals surface area contributed by atoms with E-state index in [2.05, 4.69) is 35.6 Å². The molecule has 1 aliphatic carbocycles. The number of nitrogen functional groups attached to an aromatic ring is 2. The molecule has 0 amide bonds. The lowest BCUT2D eigenvalue weighted by molar-refractivity contribution is 0.399. The highest BCUT2D eigenvalue weighted by Gasteiger charge is 2.20. The van der Waals surface area contributed by atoms with Crippen molar-refractivity contribution in [2.75, 3.05) is 18.6 Å². The van der Waals surface area contributed by atoms with Crippen LogP contribution in [0.2, 0.25) is 0 Å². The van der Waals surface area contributed by atoms with Gasteiger partial charge in [0.1, 0.15) is 5.69 Å². The van der Waals surface area contributed by atoms with Gasteiger partial charge in [0.2, 0.25) is 5.82 Å². The van der Waals surface area contributed by atoms with E-state index in [-0.39, 0.29) is 5.82 Å². The number of aromatic nitrogens is 6. The topological polar surface area (TPSA) is 144 Å². The number of aromatic amines is 2. The van der Waals surface area contributed by atoms with E-state index in [0.29, 0.717) is 17.6 Å². The lowest BCUT2D eigenvalue weighted by atomic mass is 9.87. The largest absolute Gasteiger partial charge is 0.477 e. The first kappa shape index (κ1) is 14.1. The van der Waals surface area contributed by atoms with Crippen molar-refractivity contribution in [1.82, 2.24) is 30.8 Å². The summed E-state index contributed by atoms with van der Waals surface area (Å²) >= 11 is 0. The first-order valence-corrected chi connectivity index (χ1v) is 6.58. The Bertz CT molecular complexity index is 516. The summed E-state index contributed by atoms with van der Waals surface area (Å²) in [6.45, 7) is 0. The molecule has 3 rings (SSSR count). The average Bonchev–Trinajstić information content (AvgIpc) is 3.08. The number of H-pyrrole nitrogens is 2. The van der Waals surface area contributed by atoms with Crippen molar-refractivity contribution >= 4 is 11.6 Å². The van der Waals surface area contributed by atoms with E-state index in [1.165, 1.54) is 39.2 Å². The molecular formula is C11H20N8O. The summed E-state index contributed by atoms with van der Waals surface area (Å²) in [4.78, 5) is 0. The van der Waals surface area contributed by atoms with Crippen LogP contribution in [0.25, 0.3) is 0 Å². The molecule has 0 aliphatic heterocycles. The van der Waals surface area contributed by atoms with E-state index in [1.54, 1.807) is 0 Å². The first-order valence-electron chi connectivity index (χ1n) is 6.58. The van der Waals surface area contributed by atoms with Crippen molar-refractivity contribution in [3.05, 3.63) is 5.69 Å². The van der Waals surface area contributed by atoms with Gasteiger partial charge in [0.05, 0.1) is 7.11 Å². The van der Waals surface area contributed by atoms with Gasteiger partial charge < -0.3 is 16.2 Å². The molecule has 20 heavy (non-hydrogen) atoms. The summed E-state index contributed by atoms with van der Waals surface area (Å²) in [6.07, 6.45) is 6.40. The van der Waals surface area contributed by atoms with Crippen LogP contribution in [0.1, 0.15) is 43.7 Å². The molecule has 1 fully saturated rings. The van der Waals surface area contributed by atoms with Gasteiger partial charge in [0.15, 0.2) is 5.82 Å². The monoisotopic (exact) mass is 280 g/mol. The van der Waals surface area contributed by atoms with Gasteiger partial charge in [-0.15, -0.1) is 15.3 Å². The lowest BCUT2D eigenvalue weighted by Gasteiger charge is -2.19. The van der Waals surface area contributed by atoms with Crippen molar-refractivity contribution in [1.29, 1.82) is 0 Å². The molecule has 2 aromatic rings. The highest BCUT2D eigenvalue weighted by Crippen LogP contribution is 2.32. The van der Waals surface area contributed by atoms with Gasteiger partial charge >= 0.3 is 0 Å². The van der Waals surface area contributed by atoms with E-state index >= 15 is 0 Å². The van der Waals surface area contributed by atoms with Crippen LogP contribution in [0.5, 0.6) is 5.88 Å². The van der Waals surface area contributed by atoms with Crippen molar-refractivity contribution in [3.63, 3.8) is 0 Å². The highest BCUT2D eigenvalue weighted by molar-refractivity contribution is 5.37. The van der Waals surface area contributed by atoms with E-state index < -0.39 is 0 Å². The number of ether oxygens (including phenoxy) is 1. The third-order valence-corrected chi connectivity index (χ3v) is 3.33. The highest BCUT2D eigenvalue weighted by atomic mass is 16.5. The van der Waals surface area contributed by atoms with E-state index in [9.17, 15) is 0 Å². The standard InChI is InChI=1S/C8H14N4.C3H6N4O/c9-8-7(10-12-11-8)6-4-2-1-3-5-6;1-8-3-2(4)5-7-6-3/h6H,1-5H2,(H3,9,10,11,12);1H3,(H3,4,5,6,7). The Kier molecular flexibility index (Phi) is 4.75. The van der Waals surface area contributed by atoms with Crippen LogP contribution in [0.4, 0.5) is 11.6 Å². The van der Waals surface area contributed by atoms with E-state index in [0.717, 1.165) is 5.69 Å². The Morgan fingerprint density at radius 2 is 1.60 bits per heavy atom. The maximum atomic E-state index is 5.67. The minimum Gasteiger partial charge on any atom is -0.477 e. The van der Waals surface area contributed by atoms with E-state index in [4.69, 9.17) is 11.5 Å². The van der Waals surface area contributed by atoms with Gasteiger partial charge in [-0.05, 0) is 12.8 Å². The summed E-state index contributed by atoms with van der Waals surface area (Å²) in [6, 6.07) is 0. The molecule has 110 valence electrons. The van der Waals surface area contributed by atoms with Crippen molar-refractivity contribution in [3.8, 4) is 5.88 Å². The second kappa shape index (κ2) is 6.73. The van der Waals surface area contributed by atoms with Crippen LogP contribution < -0.4 is 16.2 Å². The van der Waals surface area contributed by atoms with E-state index in [1.807, 2.05) is 0 Å². The van der Waals surface area contributed by atoms with Crippen LogP contribution >= 0.6 is 0 Å². The third kappa shape index (κ3) is 3.37. The fourth-order valence-corrected chi connectivity index (χ4v) is 2.30. The molecule has 1 saturated carbocycles. The van der Waals surface area contributed by atoms with Gasteiger partial charge in [0.25, 0.3) is 5.88 Å². The second-order valence-corrected chi connectivity index (χ2v) is 4.65. The fourth-order valence-electron chi connectivity index (χ4n) is 2.30. The van der Waals surface area contributed by atoms with Crippen molar-refractivity contribution in [2.45, 2.75) is 38.0 Å². The van der Waals surface area contributed by atoms with Crippen molar-refractivity contribution in [2.24, 2.45) is 0 Å². The van der Waals surface area contributed by atoms with Crippen LogP contribution in [0.15, 0.2) is 0 Å². The molecule has 0 unspecified atom stereocenters. The number of methoxy groups -OCH3 is 1. The maximum absolute atomic E-state index is 5.67. The molecule has 0 aromatic carbocycles. The van der Waals surface area contributed by atoms with Crippen molar-refractivity contribution < 1.29 is 4.74 Å². The minimum atomic E-state index is 0.285. The summed E-state index contributed by atoms with van der Waals surface area (Å²) in [5, 5.41) is 19.8. The second-order valence-electron chi connectivity index (χ2n) is 4.65. The molecule has 9 nitrogen and oxygen atoms in total. The number of anilines is 2. The predicted octanol–water partition coefficient (Wildman–Crippen LogP) is 0.830. The Labute approximate surface area is 116 Å². The van der Waals surface area contributed by atoms with Gasteiger partial charge in [-0.25, -0.2) is 0 Å². The fraction of sp³-hybridized carbons (Fsp3) is 0.636. The Balaban J connectivity index is 0.000000160. The lowest BCUT2D eigenvalue weighted by Crippen LogP contribution is -2.07. The number of nitrogens with two attached hydrogens (primary N) is 2. The maximum Gasteiger partial charge on any atom is 0.277 e. The average molecular weight is 280 g/mol. The molecule has 0 spiro atoms. The number of nitrogens with one attached hydrogen (secondary N) is 2. The molecule has 2 aromatic heterocycles. The minimum absolute atomic E-state index is 0.285. The quantitative estimate of drug-likeness (QED) is 0.637. The predicted molar refractivity (Wildman–Crippen MR) is 74.0 cm³/mol. The molecule has 0 radical (unpaired) electrons. The normalized spacial score (nSPS) is 15.4. The molecular weight excluding hydrogens is 260 g/mol. The molecule has 1 aliphatic rings. The Morgan fingerprint density at radius 1 is 0.950 bits per heavy atom. The zero-order valence-electron chi connectivity index (χ0n) is 11.5. The Morgan fingerprint density at radius 3 is 2.05 bits per heavy atom.